The number of ketones is 2. The molecule has 2 heterocycles. The molecule has 0 aliphatic carbocycles. The first-order valence-electron chi connectivity index (χ1n) is 10.2. The van der Waals surface area contributed by atoms with Gasteiger partial charge in [0.15, 0.2) is 23.9 Å². The van der Waals surface area contributed by atoms with Crippen molar-refractivity contribution in [3.05, 3.63) is 82.2 Å². The number of aryl methyl sites for hydroxylation is 1. The lowest BCUT2D eigenvalue weighted by atomic mass is 9.98. The highest BCUT2D eigenvalue weighted by Gasteiger charge is 2.23. The Balaban J connectivity index is 1.52. The van der Waals surface area contributed by atoms with Crippen LogP contribution in [0.4, 0.5) is 0 Å². The molecular formula is C25H23NO6. The Morgan fingerprint density at radius 2 is 1.59 bits per heavy atom. The lowest BCUT2D eigenvalue weighted by Crippen LogP contribution is -2.18. The van der Waals surface area contributed by atoms with E-state index >= 15 is 0 Å². The predicted molar refractivity (Wildman–Crippen MR) is 117 cm³/mol. The van der Waals surface area contributed by atoms with Gasteiger partial charge in [-0.05, 0) is 44.2 Å². The summed E-state index contributed by atoms with van der Waals surface area (Å²) in [5, 5.41) is 0. The summed E-state index contributed by atoms with van der Waals surface area (Å²) in [5.41, 5.74) is 2.90. The number of aromatic nitrogens is 1. The first kappa shape index (κ1) is 21.4. The summed E-state index contributed by atoms with van der Waals surface area (Å²) in [6.45, 7) is 4.19. The van der Waals surface area contributed by atoms with Crippen LogP contribution in [0.2, 0.25) is 0 Å². The van der Waals surface area contributed by atoms with E-state index in [1.807, 2.05) is 25.5 Å². The van der Waals surface area contributed by atoms with Crippen molar-refractivity contribution in [1.82, 2.24) is 4.57 Å². The molecule has 2 aromatic carbocycles. The lowest BCUT2D eigenvalue weighted by molar-refractivity contribution is 0.0472. The quantitative estimate of drug-likeness (QED) is 0.436. The molecule has 3 aromatic rings. The number of carbonyl (C=O) groups excluding carboxylic acids is 3. The molecule has 0 atom stereocenters. The van der Waals surface area contributed by atoms with Crippen LogP contribution < -0.4 is 9.47 Å². The van der Waals surface area contributed by atoms with Crippen molar-refractivity contribution < 1.29 is 28.6 Å². The molecule has 1 aliphatic heterocycles. The van der Waals surface area contributed by atoms with Gasteiger partial charge in [0, 0.05) is 35.1 Å². The highest BCUT2D eigenvalue weighted by molar-refractivity contribution is 6.15. The number of hydrogen-bond acceptors (Lipinski definition) is 6. The first-order chi connectivity index (χ1) is 15.4. The standard InChI is InChI=1S/C25H23NO6/c1-15-12-20(16(2)26(15)3)21(27)14-32-25(29)19-7-5-4-6-18(19)24(28)17-8-9-22-23(13-17)31-11-10-30-22/h4-9,12-13H,10-11,14H2,1-3H3. The molecule has 0 unspecified atom stereocenters. The summed E-state index contributed by atoms with van der Waals surface area (Å²) in [6.07, 6.45) is 0. The van der Waals surface area contributed by atoms with Gasteiger partial charge in [-0.25, -0.2) is 4.79 Å². The van der Waals surface area contributed by atoms with Crippen molar-refractivity contribution in [2.75, 3.05) is 19.8 Å². The molecule has 7 heteroatoms. The first-order valence-corrected chi connectivity index (χ1v) is 10.2. The lowest BCUT2D eigenvalue weighted by Gasteiger charge is -2.18. The van der Waals surface area contributed by atoms with Crippen molar-refractivity contribution >= 4 is 17.5 Å². The van der Waals surface area contributed by atoms with Crippen molar-refractivity contribution in [2.45, 2.75) is 13.8 Å². The van der Waals surface area contributed by atoms with E-state index in [-0.39, 0.29) is 22.7 Å². The average Bonchev–Trinajstić information content (AvgIpc) is 3.08. The van der Waals surface area contributed by atoms with Gasteiger partial charge in [0.2, 0.25) is 5.78 Å². The van der Waals surface area contributed by atoms with Crippen LogP contribution >= 0.6 is 0 Å². The highest BCUT2D eigenvalue weighted by atomic mass is 16.6. The molecule has 1 aromatic heterocycles. The third-order valence-corrected chi connectivity index (χ3v) is 5.61. The molecule has 0 fully saturated rings. The minimum atomic E-state index is -0.731. The van der Waals surface area contributed by atoms with Gasteiger partial charge < -0.3 is 18.8 Å². The molecule has 0 bridgehead atoms. The molecule has 1 aliphatic rings. The monoisotopic (exact) mass is 433 g/mol. The number of fused-ring (bicyclic) bond motifs is 1. The Hall–Kier alpha value is -3.87. The van der Waals surface area contributed by atoms with Gasteiger partial charge in [-0.15, -0.1) is 0 Å². The minimum Gasteiger partial charge on any atom is -0.486 e. The van der Waals surface area contributed by atoms with Crippen molar-refractivity contribution in [3.63, 3.8) is 0 Å². The smallest absolute Gasteiger partial charge is 0.339 e. The Kier molecular flexibility index (Phi) is 5.81. The molecule has 4 rings (SSSR count). The molecule has 0 N–H and O–H groups in total. The van der Waals surface area contributed by atoms with E-state index in [9.17, 15) is 14.4 Å². The molecule has 164 valence electrons. The molecule has 0 spiro atoms. The second-order valence-electron chi connectivity index (χ2n) is 7.58. The number of esters is 1. The number of ether oxygens (including phenoxy) is 3. The fourth-order valence-electron chi connectivity index (χ4n) is 3.62. The maximum Gasteiger partial charge on any atom is 0.339 e. The number of nitrogens with zero attached hydrogens (tertiary/aromatic N) is 1. The zero-order valence-corrected chi connectivity index (χ0v) is 18.1. The second kappa shape index (κ2) is 8.70. The van der Waals surface area contributed by atoms with Gasteiger partial charge >= 0.3 is 5.97 Å². The zero-order valence-electron chi connectivity index (χ0n) is 18.1. The summed E-state index contributed by atoms with van der Waals surface area (Å²) in [6, 6.07) is 13.0. The third-order valence-electron chi connectivity index (χ3n) is 5.61. The van der Waals surface area contributed by atoms with E-state index in [1.54, 1.807) is 42.5 Å². The van der Waals surface area contributed by atoms with Crippen LogP contribution in [0.1, 0.15) is 48.0 Å². The van der Waals surface area contributed by atoms with Gasteiger partial charge in [-0.3, -0.25) is 9.59 Å². The maximum atomic E-state index is 13.1. The van der Waals surface area contributed by atoms with Crippen molar-refractivity contribution in [1.29, 1.82) is 0 Å². The zero-order chi connectivity index (χ0) is 22.8. The summed E-state index contributed by atoms with van der Waals surface area (Å²) in [4.78, 5) is 38.4. The van der Waals surface area contributed by atoms with Crippen LogP contribution in [0.5, 0.6) is 11.5 Å². The van der Waals surface area contributed by atoms with Crippen LogP contribution in [0, 0.1) is 13.8 Å². The van der Waals surface area contributed by atoms with Crippen LogP contribution in [0.25, 0.3) is 0 Å². The van der Waals surface area contributed by atoms with E-state index in [0.29, 0.717) is 35.8 Å². The van der Waals surface area contributed by atoms with E-state index in [1.165, 1.54) is 6.07 Å². The van der Waals surface area contributed by atoms with Crippen molar-refractivity contribution in [2.24, 2.45) is 7.05 Å². The largest absolute Gasteiger partial charge is 0.486 e. The summed E-state index contributed by atoms with van der Waals surface area (Å²) >= 11 is 0. The molecule has 0 saturated carbocycles. The topological polar surface area (TPSA) is 83.8 Å². The molecule has 7 nitrogen and oxygen atoms in total. The highest BCUT2D eigenvalue weighted by Crippen LogP contribution is 2.31. The Labute approximate surface area is 185 Å². The Morgan fingerprint density at radius 1 is 0.906 bits per heavy atom. The molecule has 0 radical (unpaired) electrons. The summed E-state index contributed by atoms with van der Waals surface area (Å²) < 4.78 is 18.2. The summed E-state index contributed by atoms with van der Waals surface area (Å²) in [5.74, 6) is -0.317. The van der Waals surface area contributed by atoms with Crippen LogP contribution in [0.15, 0.2) is 48.5 Å². The SMILES string of the molecule is Cc1cc(C(=O)COC(=O)c2ccccc2C(=O)c2ccc3c(c2)OCCO3)c(C)n1C. The summed E-state index contributed by atoms with van der Waals surface area (Å²) in [7, 11) is 1.87. The number of carbonyl (C=O) groups is 3. The molecular weight excluding hydrogens is 410 g/mol. The fourth-order valence-corrected chi connectivity index (χ4v) is 3.62. The number of Topliss-reactive ketones (excluding diaryl/α,β-unsaturated/α-hetero) is 1. The van der Waals surface area contributed by atoms with Gasteiger partial charge in [0.1, 0.15) is 13.2 Å². The Morgan fingerprint density at radius 3 is 2.28 bits per heavy atom. The molecule has 0 saturated heterocycles. The van der Waals surface area contributed by atoms with E-state index < -0.39 is 12.6 Å². The molecule has 0 amide bonds. The number of benzene rings is 2. The minimum absolute atomic E-state index is 0.0983. The molecule has 32 heavy (non-hydrogen) atoms. The Bertz CT molecular complexity index is 1220. The van der Waals surface area contributed by atoms with E-state index in [0.717, 1.165) is 11.4 Å². The van der Waals surface area contributed by atoms with Crippen LogP contribution in [-0.4, -0.2) is 41.9 Å². The van der Waals surface area contributed by atoms with Gasteiger partial charge in [0.25, 0.3) is 0 Å². The third kappa shape index (κ3) is 4.01. The van der Waals surface area contributed by atoms with Gasteiger partial charge in [-0.1, -0.05) is 18.2 Å². The van der Waals surface area contributed by atoms with Crippen molar-refractivity contribution in [3.8, 4) is 11.5 Å². The number of rotatable bonds is 6. The van der Waals surface area contributed by atoms with E-state index in [2.05, 4.69) is 0 Å². The predicted octanol–water partition coefficient (Wildman–Crippen LogP) is 3.68. The van der Waals surface area contributed by atoms with E-state index in [4.69, 9.17) is 14.2 Å². The van der Waals surface area contributed by atoms with Gasteiger partial charge in [0.05, 0.1) is 5.56 Å². The van der Waals surface area contributed by atoms with Crippen LogP contribution in [-0.2, 0) is 11.8 Å². The normalized spacial score (nSPS) is 12.3. The average molecular weight is 433 g/mol. The second-order valence-corrected chi connectivity index (χ2v) is 7.58. The maximum absolute atomic E-state index is 13.1. The van der Waals surface area contributed by atoms with Crippen LogP contribution in [0.3, 0.4) is 0 Å². The fraction of sp³-hybridized carbons (Fsp3) is 0.240. The number of hydrogen-bond donors (Lipinski definition) is 0. The van der Waals surface area contributed by atoms with Gasteiger partial charge in [-0.2, -0.15) is 0 Å².